The number of aromatic nitrogens is 2. The molecule has 0 unspecified atom stereocenters. The molecule has 2 rings (SSSR count). The van der Waals surface area contributed by atoms with Gasteiger partial charge in [0, 0.05) is 18.3 Å². The van der Waals surface area contributed by atoms with Gasteiger partial charge in [0.2, 0.25) is 11.8 Å². The van der Waals surface area contributed by atoms with E-state index in [9.17, 15) is 0 Å². The van der Waals surface area contributed by atoms with Crippen LogP contribution in [0.5, 0.6) is 5.88 Å². The molecular weight excluding hydrogens is 250 g/mol. The maximum Gasteiger partial charge on any atom is 0.226 e. The zero-order chi connectivity index (χ0) is 14.4. The van der Waals surface area contributed by atoms with E-state index in [4.69, 9.17) is 4.74 Å². The van der Waals surface area contributed by atoms with Crippen LogP contribution in [0.3, 0.4) is 0 Å². The third kappa shape index (κ3) is 3.84. The van der Waals surface area contributed by atoms with Crippen LogP contribution in [0, 0.1) is 12.3 Å². The first-order valence-corrected chi connectivity index (χ1v) is 7.90. The third-order valence-corrected chi connectivity index (χ3v) is 4.32. The number of rotatable bonds is 7. The first-order valence-electron chi connectivity index (χ1n) is 7.90. The Bertz CT molecular complexity index is 428. The molecule has 4 heteroatoms. The van der Waals surface area contributed by atoms with E-state index in [0.717, 1.165) is 18.7 Å². The van der Waals surface area contributed by atoms with E-state index >= 15 is 0 Å². The van der Waals surface area contributed by atoms with Crippen molar-refractivity contribution in [3.05, 3.63) is 11.8 Å². The van der Waals surface area contributed by atoms with Gasteiger partial charge in [-0.15, -0.1) is 0 Å². The molecule has 1 saturated carbocycles. The quantitative estimate of drug-likeness (QED) is 0.819. The highest BCUT2D eigenvalue weighted by atomic mass is 16.5. The number of nitrogens with zero attached hydrogens (tertiary/aromatic N) is 2. The number of nitrogens with one attached hydrogen (secondary N) is 1. The molecule has 20 heavy (non-hydrogen) atoms. The number of hydrogen-bond acceptors (Lipinski definition) is 4. The van der Waals surface area contributed by atoms with Gasteiger partial charge in [0.15, 0.2) is 0 Å². The summed E-state index contributed by atoms with van der Waals surface area (Å²) in [5, 5.41) is 3.43. The summed E-state index contributed by atoms with van der Waals surface area (Å²) in [4.78, 5) is 8.92. The van der Waals surface area contributed by atoms with Crippen molar-refractivity contribution in [3.63, 3.8) is 0 Å². The third-order valence-electron chi connectivity index (χ3n) is 4.32. The molecule has 1 aromatic heterocycles. The minimum absolute atomic E-state index is 0.442. The molecule has 112 valence electrons. The minimum Gasteiger partial charge on any atom is -0.478 e. The summed E-state index contributed by atoms with van der Waals surface area (Å²) in [6.07, 6.45) is 7.57. The van der Waals surface area contributed by atoms with E-state index < -0.39 is 0 Å². The van der Waals surface area contributed by atoms with Crippen molar-refractivity contribution in [2.75, 3.05) is 18.5 Å². The largest absolute Gasteiger partial charge is 0.478 e. The Morgan fingerprint density at radius 3 is 2.65 bits per heavy atom. The van der Waals surface area contributed by atoms with Crippen molar-refractivity contribution < 1.29 is 4.74 Å². The van der Waals surface area contributed by atoms with E-state index in [1.807, 2.05) is 13.0 Å². The van der Waals surface area contributed by atoms with Crippen LogP contribution in [0.4, 0.5) is 5.95 Å². The number of aryl methyl sites for hydroxylation is 1. The molecule has 0 bridgehead atoms. The molecule has 0 aromatic carbocycles. The van der Waals surface area contributed by atoms with E-state index in [1.54, 1.807) is 0 Å². The molecule has 0 radical (unpaired) electrons. The van der Waals surface area contributed by atoms with Crippen LogP contribution in [0.2, 0.25) is 0 Å². The second-order valence-electron chi connectivity index (χ2n) is 5.93. The van der Waals surface area contributed by atoms with Crippen LogP contribution in [-0.2, 0) is 0 Å². The number of anilines is 1. The van der Waals surface area contributed by atoms with Gasteiger partial charge < -0.3 is 10.1 Å². The van der Waals surface area contributed by atoms with Crippen molar-refractivity contribution in [1.29, 1.82) is 0 Å². The molecule has 1 aliphatic carbocycles. The van der Waals surface area contributed by atoms with E-state index in [1.165, 1.54) is 32.1 Å². The Labute approximate surface area is 122 Å². The molecular formula is C16H27N3O. The van der Waals surface area contributed by atoms with Crippen molar-refractivity contribution in [3.8, 4) is 5.88 Å². The monoisotopic (exact) mass is 277 g/mol. The second kappa shape index (κ2) is 6.91. The molecule has 1 N–H and O–H groups in total. The average molecular weight is 277 g/mol. The van der Waals surface area contributed by atoms with Gasteiger partial charge in [-0.25, -0.2) is 4.98 Å². The molecule has 0 spiro atoms. The number of hydrogen-bond donors (Lipinski definition) is 1. The summed E-state index contributed by atoms with van der Waals surface area (Å²) >= 11 is 0. The second-order valence-corrected chi connectivity index (χ2v) is 5.93. The van der Waals surface area contributed by atoms with Gasteiger partial charge in [-0.05, 0) is 38.0 Å². The highest BCUT2D eigenvalue weighted by Crippen LogP contribution is 2.40. The Morgan fingerprint density at radius 1 is 1.25 bits per heavy atom. The van der Waals surface area contributed by atoms with Gasteiger partial charge in [0.1, 0.15) is 0 Å². The lowest BCUT2D eigenvalue weighted by atomic mass is 9.83. The lowest BCUT2D eigenvalue weighted by molar-refractivity contribution is 0.300. The highest BCUT2D eigenvalue weighted by molar-refractivity contribution is 5.31. The van der Waals surface area contributed by atoms with Crippen LogP contribution >= 0.6 is 0 Å². The molecule has 1 aliphatic rings. The fraction of sp³-hybridized carbons (Fsp3) is 0.750. The molecule has 0 amide bonds. The average Bonchev–Trinajstić information content (AvgIpc) is 2.92. The lowest BCUT2D eigenvalue weighted by Gasteiger charge is -2.27. The zero-order valence-corrected chi connectivity index (χ0v) is 13.0. The topological polar surface area (TPSA) is 47.0 Å². The summed E-state index contributed by atoms with van der Waals surface area (Å²) in [5.41, 5.74) is 1.39. The Hall–Kier alpha value is -1.32. The zero-order valence-electron chi connectivity index (χ0n) is 13.0. The molecule has 1 heterocycles. The predicted octanol–water partition coefficient (Wildman–Crippen LogP) is 3.96. The molecule has 0 atom stereocenters. The SMILES string of the molecule is CCCOc1cc(C)nc(NCC2(CC)CCCC2)n1. The van der Waals surface area contributed by atoms with Gasteiger partial charge >= 0.3 is 0 Å². The van der Waals surface area contributed by atoms with Crippen LogP contribution in [0.1, 0.15) is 58.1 Å². The minimum atomic E-state index is 0.442. The lowest BCUT2D eigenvalue weighted by Crippen LogP contribution is -2.26. The molecule has 1 aromatic rings. The Morgan fingerprint density at radius 2 is 2.00 bits per heavy atom. The highest BCUT2D eigenvalue weighted by Gasteiger charge is 2.31. The summed E-state index contributed by atoms with van der Waals surface area (Å²) < 4.78 is 5.61. The van der Waals surface area contributed by atoms with E-state index in [-0.39, 0.29) is 0 Å². The van der Waals surface area contributed by atoms with Crippen LogP contribution < -0.4 is 10.1 Å². The van der Waals surface area contributed by atoms with Gasteiger partial charge in [0.05, 0.1) is 6.61 Å². The van der Waals surface area contributed by atoms with E-state index in [2.05, 4.69) is 29.1 Å². The van der Waals surface area contributed by atoms with Crippen molar-refractivity contribution in [2.45, 2.75) is 59.3 Å². The van der Waals surface area contributed by atoms with Gasteiger partial charge in [-0.1, -0.05) is 26.7 Å². The first kappa shape index (κ1) is 15.1. The maximum absolute atomic E-state index is 5.61. The predicted molar refractivity (Wildman–Crippen MR) is 82.2 cm³/mol. The Kier molecular flexibility index (Phi) is 5.21. The summed E-state index contributed by atoms with van der Waals surface area (Å²) in [7, 11) is 0. The fourth-order valence-corrected chi connectivity index (χ4v) is 2.95. The van der Waals surface area contributed by atoms with Crippen LogP contribution in [0.15, 0.2) is 6.07 Å². The smallest absolute Gasteiger partial charge is 0.226 e. The summed E-state index contributed by atoms with van der Waals surface area (Å²) in [6.45, 7) is 8.05. The molecule has 1 fully saturated rings. The summed E-state index contributed by atoms with van der Waals surface area (Å²) in [6, 6.07) is 1.89. The normalized spacial score (nSPS) is 17.1. The molecule has 0 aliphatic heterocycles. The fourth-order valence-electron chi connectivity index (χ4n) is 2.95. The van der Waals surface area contributed by atoms with Crippen molar-refractivity contribution in [2.24, 2.45) is 5.41 Å². The van der Waals surface area contributed by atoms with Crippen molar-refractivity contribution in [1.82, 2.24) is 9.97 Å². The van der Waals surface area contributed by atoms with Crippen LogP contribution in [0.25, 0.3) is 0 Å². The number of ether oxygens (including phenoxy) is 1. The molecule has 4 nitrogen and oxygen atoms in total. The van der Waals surface area contributed by atoms with Gasteiger partial charge in [-0.2, -0.15) is 4.98 Å². The van der Waals surface area contributed by atoms with Gasteiger partial charge in [0.25, 0.3) is 0 Å². The molecule has 0 saturated heterocycles. The van der Waals surface area contributed by atoms with E-state index in [0.29, 0.717) is 23.9 Å². The Balaban J connectivity index is 1.99. The first-order chi connectivity index (χ1) is 9.67. The van der Waals surface area contributed by atoms with Crippen LogP contribution in [-0.4, -0.2) is 23.1 Å². The van der Waals surface area contributed by atoms with Gasteiger partial charge in [-0.3, -0.25) is 0 Å². The van der Waals surface area contributed by atoms with Crippen molar-refractivity contribution >= 4 is 5.95 Å². The standard InChI is InChI=1S/C16H27N3O/c1-4-10-20-14-11-13(3)18-15(19-14)17-12-16(5-2)8-6-7-9-16/h11H,4-10,12H2,1-3H3,(H,17,18,19). The maximum atomic E-state index is 5.61. The summed E-state index contributed by atoms with van der Waals surface area (Å²) in [5.74, 6) is 1.38.